The van der Waals surface area contributed by atoms with E-state index in [2.05, 4.69) is 39.2 Å². The molecule has 1 N–H and O–H groups in total. The average molecular weight is 401 g/mol. The second-order valence-electron chi connectivity index (χ2n) is 9.31. The molecule has 6 nitrogen and oxygen atoms in total. The molecule has 1 saturated carbocycles. The molecule has 6 heteroatoms. The summed E-state index contributed by atoms with van der Waals surface area (Å²) < 4.78 is 12.5. The highest BCUT2D eigenvalue weighted by molar-refractivity contribution is 5.52. The lowest BCUT2D eigenvalue weighted by molar-refractivity contribution is -0.110. The van der Waals surface area contributed by atoms with Gasteiger partial charge in [0.1, 0.15) is 6.10 Å². The lowest BCUT2D eigenvalue weighted by Gasteiger charge is -2.40. The summed E-state index contributed by atoms with van der Waals surface area (Å²) in [5, 5.41) is 3.55. The van der Waals surface area contributed by atoms with Crippen LogP contribution in [-0.4, -0.2) is 73.0 Å². The minimum atomic E-state index is 0.252. The van der Waals surface area contributed by atoms with Gasteiger partial charge in [-0.1, -0.05) is 6.92 Å². The Morgan fingerprint density at radius 1 is 1.03 bits per heavy atom. The topological polar surface area (TPSA) is 49.9 Å². The number of rotatable bonds is 7. The monoisotopic (exact) mass is 400 g/mol. The highest BCUT2D eigenvalue weighted by Crippen LogP contribution is 2.35. The van der Waals surface area contributed by atoms with Gasteiger partial charge in [-0.15, -0.1) is 0 Å². The molecule has 1 aromatic heterocycles. The van der Waals surface area contributed by atoms with Crippen LogP contribution in [0.25, 0.3) is 0 Å². The Labute approximate surface area is 174 Å². The third-order valence-corrected chi connectivity index (χ3v) is 7.19. The first-order valence-electron chi connectivity index (χ1n) is 11.8. The van der Waals surface area contributed by atoms with Crippen LogP contribution in [0, 0.1) is 0 Å². The van der Waals surface area contributed by atoms with Gasteiger partial charge in [0.2, 0.25) is 5.88 Å². The molecule has 3 aliphatic heterocycles. The second-order valence-corrected chi connectivity index (χ2v) is 9.31. The van der Waals surface area contributed by atoms with E-state index in [1.54, 1.807) is 0 Å². The first kappa shape index (κ1) is 19.6. The Morgan fingerprint density at radius 2 is 1.79 bits per heavy atom. The van der Waals surface area contributed by atoms with E-state index >= 15 is 0 Å². The fourth-order valence-corrected chi connectivity index (χ4v) is 5.58. The Kier molecular flexibility index (Phi) is 5.93. The summed E-state index contributed by atoms with van der Waals surface area (Å²) in [7, 11) is 0. The van der Waals surface area contributed by atoms with E-state index in [0.29, 0.717) is 24.3 Å². The van der Waals surface area contributed by atoms with E-state index in [9.17, 15) is 0 Å². The number of anilines is 1. The van der Waals surface area contributed by atoms with Gasteiger partial charge in [0.25, 0.3) is 0 Å². The summed E-state index contributed by atoms with van der Waals surface area (Å²) in [6, 6.07) is 5.53. The number of aromatic nitrogens is 1. The molecule has 0 aromatic carbocycles. The minimum Gasteiger partial charge on any atom is -0.474 e. The molecule has 2 bridgehead atoms. The molecule has 5 rings (SSSR count). The maximum absolute atomic E-state index is 6.33. The molecule has 3 saturated heterocycles. The lowest BCUT2D eigenvalue weighted by Crippen LogP contribution is -2.52. The molecule has 4 heterocycles. The number of fused-ring (bicyclic) bond motifs is 2. The van der Waals surface area contributed by atoms with Crippen molar-refractivity contribution in [1.29, 1.82) is 0 Å². The predicted octanol–water partition coefficient (Wildman–Crippen LogP) is 2.82. The van der Waals surface area contributed by atoms with E-state index in [0.717, 1.165) is 31.8 Å². The first-order valence-corrected chi connectivity index (χ1v) is 11.8. The number of piperidine rings is 1. The van der Waals surface area contributed by atoms with Crippen molar-refractivity contribution in [1.82, 2.24) is 15.2 Å². The molecule has 1 aliphatic carbocycles. The highest BCUT2D eigenvalue weighted by Gasteiger charge is 2.37. The number of hydrogen-bond donors (Lipinski definition) is 1. The number of likely N-dealkylation sites (tertiary alicyclic amines) is 1. The number of pyridine rings is 1. The van der Waals surface area contributed by atoms with Crippen LogP contribution >= 0.6 is 0 Å². The van der Waals surface area contributed by atoms with E-state index in [4.69, 9.17) is 9.47 Å². The van der Waals surface area contributed by atoms with Crippen LogP contribution < -0.4 is 15.0 Å². The normalized spacial score (nSPS) is 32.9. The largest absolute Gasteiger partial charge is 0.474 e. The van der Waals surface area contributed by atoms with Crippen molar-refractivity contribution in [3.05, 3.63) is 18.3 Å². The fourth-order valence-electron chi connectivity index (χ4n) is 5.58. The van der Waals surface area contributed by atoms with Gasteiger partial charge in [0, 0.05) is 69.1 Å². The second kappa shape index (κ2) is 8.78. The zero-order valence-electron chi connectivity index (χ0n) is 17.8. The predicted molar refractivity (Wildman–Crippen MR) is 115 cm³/mol. The van der Waals surface area contributed by atoms with Gasteiger partial charge in [0.15, 0.2) is 0 Å². The summed E-state index contributed by atoms with van der Waals surface area (Å²) in [6.07, 6.45) is 11.2. The molecule has 0 spiro atoms. The molecule has 1 aromatic rings. The number of piperazine rings is 1. The van der Waals surface area contributed by atoms with Crippen LogP contribution in [0.5, 0.6) is 5.88 Å². The number of ether oxygens (including phenoxy) is 2. The van der Waals surface area contributed by atoms with Gasteiger partial charge in [-0.05, 0) is 44.7 Å². The smallest absolute Gasteiger partial charge is 0.215 e. The van der Waals surface area contributed by atoms with Crippen LogP contribution in [0.3, 0.4) is 0 Å². The zero-order valence-corrected chi connectivity index (χ0v) is 17.8. The van der Waals surface area contributed by atoms with Crippen molar-refractivity contribution in [2.45, 2.75) is 82.3 Å². The average Bonchev–Trinajstić information content (AvgIpc) is 2.97. The van der Waals surface area contributed by atoms with Crippen LogP contribution in [0.2, 0.25) is 0 Å². The van der Waals surface area contributed by atoms with Crippen molar-refractivity contribution < 1.29 is 9.47 Å². The molecule has 2 unspecified atom stereocenters. The minimum absolute atomic E-state index is 0.252. The molecular formula is C23H36N4O2. The summed E-state index contributed by atoms with van der Waals surface area (Å²) in [6.45, 7) is 8.05. The van der Waals surface area contributed by atoms with E-state index in [1.165, 1.54) is 57.4 Å². The highest BCUT2D eigenvalue weighted by atomic mass is 16.5. The molecule has 4 fully saturated rings. The molecule has 4 aliphatic rings. The van der Waals surface area contributed by atoms with Crippen LogP contribution in [0.1, 0.15) is 51.9 Å². The van der Waals surface area contributed by atoms with E-state index < -0.39 is 0 Å². The lowest BCUT2D eigenvalue weighted by atomic mass is 9.91. The quantitative estimate of drug-likeness (QED) is 0.760. The molecular weight excluding hydrogens is 364 g/mol. The number of nitrogens with zero attached hydrogens (tertiary/aromatic N) is 3. The molecule has 0 amide bonds. The zero-order chi connectivity index (χ0) is 19.6. The summed E-state index contributed by atoms with van der Waals surface area (Å²) in [4.78, 5) is 9.63. The van der Waals surface area contributed by atoms with Crippen LogP contribution in [-0.2, 0) is 4.74 Å². The SMILES string of the molecule is CCCN1CCC(OC2CC(Oc3cc(N4C5CCC4CNC5)ccn3)C2)CC1. The van der Waals surface area contributed by atoms with Gasteiger partial charge in [-0.25, -0.2) is 4.98 Å². The molecule has 2 atom stereocenters. The Bertz CT molecular complexity index is 657. The Balaban J connectivity index is 1.08. The van der Waals surface area contributed by atoms with E-state index in [1.807, 2.05) is 6.20 Å². The summed E-state index contributed by atoms with van der Waals surface area (Å²) in [5.74, 6) is 0.775. The van der Waals surface area contributed by atoms with Crippen molar-refractivity contribution >= 4 is 5.69 Å². The van der Waals surface area contributed by atoms with Crippen LogP contribution in [0.15, 0.2) is 18.3 Å². The number of nitrogens with one attached hydrogen (secondary N) is 1. The van der Waals surface area contributed by atoms with Gasteiger partial charge in [0.05, 0.1) is 12.2 Å². The van der Waals surface area contributed by atoms with Crippen LogP contribution in [0.4, 0.5) is 5.69 Å². The summed E-state index contributed by atoms with van der Waals surface area (Å²) in [5.41, 5.74) is 1.27. The first-order chi connectivity index (χ1) is 14.3. The van der Waals surface area contributed by atoms with Crippen molar-refractivity contribution in [3.8, 4) is 5.88 Å². The molecule has 29 heavy (non-hydrogen) atoms. The van der Waals surface area contributed by atoms with Gasteiger partial charge in [-0.3, -0.25) is 0 Å². The van der Waals surface area contributed by atoms with Crippen molar-refractivity contribution in [3.63, 3.8) is 0 Å². The fraction of sp³-hybridized carbons (Fsp3) is 0.783. The third-order valence-electron chi connectivity index (χ3n) is 7.19. The van der Waals surface area contributed by atoms with E-state index in [-0.39, 0.29) is 6.10 Å². The summed E-state index contributed by atoms with van der Waals surface area (Å²) >= 11 is 0. The number of hydrogen-bond acceptors (Lipinski definition) is 6. The van der Waals surface area contributed by atoms with Gasteiger partial charge >= 0.3 is 0 Å². The van der Waals surface area contributed by atoms with Crippen molar-refractivity contribution in [2.24, 2.45) is 0 Å². The third kappa shape index (κ3) is 4.39. The Hall–Kier alpha value is -1.37. The van der Waals surface area contributed by atoms with Gasteiger partial charge in [-0.2, -0.15) is 0 Å². The van der Waals surface area contributed by atoms with Gasteiger partial charge < -0.3 is 24.6 Å². The molecule has 160 valence electrons. The maximum atomic E-state index is 6.33. The maximum Gasteiger partial charge on any atom is 0.215 e. The Morgan fingerprint density at radius 3 is 2.52 bits per heavy atom. The van der Waals surface area contributed by atoms with Crippen molar-refractivity contribution in [2.75, 3.05) is 37.6 Å². The molecule has 0 radical (unpaired) electrons. The standard InChI is InChI=1S/C23H36N4O2/c1-2-9-26-10-6-20(7-11-26)28-21-13-22(14-21)29-23-12-17(5-8-25-23)27-18-3-4-19(27)16-24-15-18/h5,8,12,18-22,24H,2-4,6-7,9-11,13-16H2,1H3.